The minimum Gasteiger partial charge on any atom is -0.376 e. The minimum absolute atomic E-state index is 0.122. The van der Waals surface area contributed by atoms with Gasteiger partial charge in [-0.2, -0.15) is 11.8 Å². The molecule has 0 rings (SSSR count). The van der Waals surface area contributed by atoms with Crippen LogP contribution in [0.5, 0.6) is 0 Å². The van der Waals surface area contributed by atoms with Crippen LogP contribution in [0.15, 0.2) is 0 Å². The third-order valence-corrected chi connectivity index (χ3v) is 1.63. The number of carbonyl (C=O) groups excluding carboxylic acids is 1. The van der Waals surface area contributed by atoms with Crippen LogP contribution in [0.1, 0.15) is 27.2 Å². The molecular formula is C11H23ClO2S. The zero-order valence-corrected chi connectivity index (χ0v) is 12.0. The highest BCUT2D eigenvalue weighted by Crippen LogP contribution is 2.15. The van der Waals surface area contributed by atoms with Crippen molar-refractivity contribution in [2.24, 2.45) is 5.41 Å². The van der Waals surface area contributed by atoms with E-state index >= 15 is 0 Å². The Hall–Kier alpha value is 0.270. The van der Waals surface area contributed by atoms with Gasteiger partial charge in [0.05, 0.1) is 12.7 Å². The van der Waals surface area contributed by atoms with Gasteiger partial charge in [-0.3, -0.25) is 0 Å². The maximum absolute atomic E-state index is 10.2. The molecule has 0 radical (unpaired) electrons. The third-order valence-electron chi connectivity index (χ3n) is 1.28. The number of thioether (sulfide) groups is 1. The largest absolute Gasteiger partial charge is 0.376 e. The molecule has 0 amide bonds. The first kappa shape index (κ1) is 17.7. The summed E-state index contributed by atoms with van der Waals surface area (Å²) in [5.74, 6) is 0.384. The molecule has 0 saturated heterocycles. The predicted molar refractivity (Wildman–Crippen MR) is 70.0 cm³/mol. The molecule has 0 spiro atoms. The van der Waals surface area contributed by atoms with E-state index in [-0.39, 0.29) is 11.5 Å². The fraction of sp³-hybridized carbons (Fsp3) is 0.909. The van der Waals surface area contributed by atoms with Crippen LogP contribution in [0.25, 0.3) is 0 Å². The van der Waals surface area contributed by atoms with Crippen molar-refractivity contribution in [2.45, 2.75) is 33.3 Å². The molecule has 0 aliphatic rings. The normalized spacial score (nSPS) is 12.7. The van der Waals surface area contributed by atoms with Gasteiger partial charge in [-0.15, -0.1) is 11.6 Å². The van der Waals surface area contributed by atoms with E-state index in [9.17, 15) is 4.79 Å². The first-order valence-electron chi connectivity index (χ1n) is 4.92. The number of aldehydes is 1. The first-order valence-corrected chi connectivity index (χ1v) is 7.09. The molecule has 1 unspecified atom stereocenters. The summed E-state index contributed by atoms with van der Waals surface area (Å²) >= 11 is 7.34. The van der Waals surface area contributed by atoms with Crippen LogP contribution in [0, 0.1) is 5.41 Å². The Balaban J connectivity index is 0. The topological polar surface area (TPSA) is 26.3 Å². The molecule has 0 saturated carbocycles. The van der Waals surface area contributed by atoms with Crippen molar-refractivity contribution in [3.8, 4) is 0 Å². The van der Waals surface area contributed by atoms with Gasteiger partial charge in [-0.25, -0.2) is 0 Å². The standard InChI is InChI=1S/C9H17ClO2.C2H6S/c1-9(2,3)7-12-8(6-10)4-5-11;1-3-2/h5,8H,4,6-7H2,1-3H3;1-2H3. The Bertz CT molecular complexity index is 146. The second-order valence-electron chi connectivity index (χ2n) is 4.46. The molecule has 0 N–H and O–H groups in total. The lowest BCUT2D eigenvalue weighted by molar-refractivity contribution is -0.110. The number of hydrogen-bond acceptors (Lipinski definition) is 3. The highest BCUT2D eigenvalue weighted by Gasteiger charge is 2.14. The maximum atomic E-state index is 10.2. The van der Waals surface area contributed by atoms with E-state index in [1.165, 1.54) is 0 Å². The summed E-state index contributed by atoms with van der Waals surface area (Å²) in [5, 5.41) is 0. The van der Waals surface area contributed by atoms with Gasteiger partial charge >= 0.3 is 0 Å². The summed E-state index contributed by atoms with van der Waals surface area (Å²) in [4.78, 5) is 10.2. The van der Waals surface area contributed by atoms with Crippen molar-refractivity contribution in [3.05, 3.63) is 0 Å². The quantitative estimate of drug-likeness (QED) is 0.557. The van der Waals surface area contributed by atoms with Gasteiger partial charge in [-0.05, 0) is 17.9 Å². The summed E-state index contributed by atoms with van der Waals surface area (Å²) in [6.07, 6.45) is 5.19. The molecule has 0 aromatic heterocycles. The lowest BCUT2D eigenvalue weighted by atomic mass is 9.98. The average molecular weight is 255 g/mol. The Morgan fingerprint density at radius 1 is 1.40 bits per heavy atom. The maximum Gasteiger partial charge on any atom is 0.122 e. The minimum atomic E-state index is -0.122. The number of hydrogen-bond donors (Lipinski definition) is 0. The fourth-order valence-electron chi connectivity index (χ4n) is 0.651. The number of alkyl halides is 1. The first-order chi connectivity index (χ1) is 6.91. The molecule has 0 aliphatic heterocycles. The van der Waals surface area contributed by atoms with Gasteiger partial charge in [0.15, 0.2) is 0 Å². The lowest BCUT2D eigenvalue weighted by Crippen LogP contribution is -2.23. The highest BCUT2D eigenvalue weighted by molar-refractivity contribution is 7.97. The molecule has 0 bridgehead atoms. The SMILES string of the molecule is CC(C)(C)COC(CCl)CC=O.CSC. The van der Waals surface area contributed by atoms with Gasteiger partial charge in [0, 0.05) is 12.3 Å². The number of carbonyl (C=O) groups is 1. The van der Waals surface area contributed by atoms with Crippen LogP contribution < -0.4 is 0 Å². The summed E-state index contributed by atoms with van der Waals surface area (Å²) in [6.45, 7) is 6.88. The second kappa shape index (κ2) is 10.8. The van der Waals surface area contributed by atoms with E-state index in [0.29, 0.717) is 18.9 Å². The molecule has 0 aliphatic carbocycles. The van der Waals surface area contributed by atoms with E-state index in [1.807, 2.05) is 12.5 Å². The zero-order chi connectivity index (χ0) is 12.3. The summed E-state index contributed by atoms with van der Waals surface area (Å²) in [6, 6.07) is 0. The van der Waals surface area contributed by atoms with Gasteiger partial charge in [0.25, 0.3) is 0 Å². The molecule has 1 atom stereocenters. The van der Waals surface area contributed by atoms with Crippen LogP contribution in [0.3, 0.4) is 0 Å². The van der Waals surface area contributed by atoms with Gasteiger partial charge in [0.2, 0.25) is 0 Å². The second-order valence-corrected chi connectivity index (χ2v) is 5.58. The van der Waals surface area contributed by atoms with Crippen LogP contribution in [0.2, 0.25) is 0 Å². The molecule has 15 heavy (non-hydrogen) atoms. The molecule has 2 nitrogen and oxygen atoms in total. The molecule has 92 valence electrons. The van der Waals surface area contributed by atoms with Crippen molar-refractivity contribution >= 4 is 29.6 Å². The number of ether oxygens (including phenoxy) is 1. The summed E-state index contributed by atoms with van der Waals surface area (Å²) in [7, 11) is 0. The molecular weight excluding hydrogens is 232 g/mol. The molecule has 0 aromatic carbocycles. The van der Waals surface area contributed by atoms with E-state index in [4.69, 9.17) is 16.3 Å². The van der Waals surface area contributed by atoms with Crippen LogP contribution in [-0.2, 0) is 9.53 Å². The van der Waals surface area contributed by atoms with E-state index < -0.39 is 0 Å². The predicted octanol–water partition coefficient (Wildman–Crippen LogP) is 3.22. The molecule has 0 fully saturated rings. The molecule has 4 heteroatoms. The lowest BCUT2D eigenvalue weighted by Gasteiger charge is -2.21. The van der Waals surface area contributed by atoms with Crippen molar-refractivity contribution in [1.82, 2.24) is 0 Å². The Kier molecular flexibility index (Phi) is 12.7. The van der Waals surface area contributed by atoms with Crippen molar-refractivity contribution in [2.75, 3.05) is 25.0 Å². The zero-order valence-electron chi connectivity index (χ0n) is 10.4. The third kappa shape index (κ3) is 16.9. The van der Waals surface area contributed by atoms with Gasteiger partial charge in [-0.1, -0.05) is 20.8 Å². The van der Waals surface area contributed by atoms with Crippen molar-refractivity contribution in [3.63, 3.8) is 0 Å². The monoisotopic (exact) mass is 254 g/mol. The fourth-order valence-corrected chi connectivity index (χ4v) is 0.866. The van der Waals surface area contributed by atoms with Crippen LogP contribution in [0.4, 0.5) is 0 Å². The van der Waals surface area contributed by atoms with Gasteiger partial charge in [0.1, 0.15) is 6.29 Å². The summed E-state index contributed by atoms with van der Waals surface area (Å²) < 4.78 is 5.43. The molecule has 0 aromatic rings. The van der Waals surface area contributed by atoms with Crippen molar-refractivity contribution in [1.29, 1.82) is 0 Å². The smallest absolute Gasteiger partial charge is 0.122 e. The van der Waals surface area contributed by atoms with Gasteiger partial charge < -0.3 is 9.53 Å². The van der Waals surface area contributed by atoms with Crippen LogP contribution in [-0.4, -0.2) is 37.4 Å². The average Bonchev–Trinajstić information content (AvgIpc) is 2.12. The Labute approximate surface area is 103 Å². The van der Waals surface area contributed by atoms with E-state index in [1.54, 1.807) is 11.8 Å². The Morgan fingerprint density at radius 2 is 1.87 bits per heavy atom. The van der Waals surface area contributed by atoms with E-state index in [0.717, 1.165) is 6.29 Å². The number of rotatable bonds is 5. The number of halogens is 1. The van der Waals surface area contributed by atoms with Crippen LogP contribution >= 0.6 is 23.4 Å². The molecule has 0 heterocycles. The van der Waals surface area contributed by atoms with Crippen molar-refractivity contribution < 1.29 is 9.53 Å². The highest BCUT2D eigenvalue weighted by atomic mass is 35.5. The van der Waals surface area contributed by atoms with E-state index in [2.05, 4.69) is 20.8 Å². The summed E-state index contributed by atoms with van der Waals surface area (Å²) in [5.41, 5.74) is 0.132. The Morgan fingerprint density at radius 3 is 2.13 bits per heavy atom.